The molecule has 1 saturated heterocycles. The molecule has 2 heterocycles. The molecule has 1 atom stereocenters. The molecular weight excluding hydrogens is 442 g/mol. The number of fused-ring (bicyclic) bond motifs is 1. The predicted octanol–water partition coefficient (Wildman–Crippen LogP) is 2.57. The van der Waals surface area contributed by atoms with E-state index in [1.807, 2.05) is 31.2 Å². The zero-order valence-electron chi connectivity index (χ0n) is 18.9. The number of benzene rings is 2. The van der Waals surface area contributed by atoms with Gasteiger partial charge in [-0.2, -0.15) is 4.31 Å². The number of methoxy groups -OCH3 is 1. The zero-order valence-corrected chi connectivity index (χ0v) is 19.7. The van der Waals surface area contributed by atoms with Crippen molar-refractivity contribution < 1.29 is 17.9 Å². The molecule has 33 heavy (non-hydrogen) atoms. The van der Waals surface area contributed by atoms with Gasteiger partial charge in [0, 0.05) is 26.2 Å². The Morgan fingerprint density at radius 2 is 2.09 bits per heavy atom. The Hall–Kier alpha value is -2.98. The minimum atomic E-state index is -3.74. The lowest BCUT2D eigenvalue weighted by atomic mass is 9.99. The summed E-state index contributed by atoms with van der Waals surface area (Å²) < 4.78 is 35.0. The predicted molar refractivity (Wildman–Crippen MR) is 124 cm³/mol. The number of piperidine rings is 1. The number of carbonyl (C=O) groups excluding carboxylic acids is 1. The number of carbonyl (C=O) groups is 1. The first-order valence-corrected chi connectivity index (χ1v) is 12.6. The number of sulfonamides is 1. The molecule has 1 aromatic heterocycles. The minimum Gasteiger partial charge on any atom is -0.497 e. The molecule has 4 rings (SSSR count). The molecular formula is C23H29N5O4S. The lowest BCUT2D eigenvalue weighted by Crippen LogP contribution is -2.45. The lowest BCUT2D eigenvalue weighted by Gasteiger charge is -2.31. The zero-order chi connectivity index (χ0) is 23.4. The molecule has 1 amide bonds. The van der Waals surface area contributed by atoms with E-state index in [4.69, 9.17) is 4.74 Å². The van der Waals surface area contributed by atoms with Crippen molar-refractivity contribution in [3.8, 4) is 5.75 Å². The van der Waals surface area contributed by atoms with Crippen molar-refractivity contribution in [1.82, 2.24) is 24.6 Å². The molecule has 3 aromatic rings. The van der Waals surface area contributed by atoms with Crippen LogP contribution >= 0.6 is 0 Å². The first kappa shape index (κ1) is 23.2. The van der Waals surface area contributed by atoms with Crippen LogP contribution < -0.4 is 10.1 Å². The quantitative estimate of drug-likeness (QED) is 0.541. The molecule has 0 unspecified atom stereocenters. The smallest absolute Gasteiger partial charge is 0.243 e. The first-order chi connectivity index (χ1) is 15.9. The number of amides is 1. The van der Waals surface area contributed by atoms with Crippen molar-refractivity contribution in [3.63, 3.8) is 0 Å². The third-order valence-electron chi connectivity index (χ3n) is 5.91. The highest BCUT2D eigenvalue weighted by Gasteiger charge is 2.33. The number of nitrogens with zero attached hydrogens (tertiary/aromatic N) is 4. The van der Waals surface area contributed by atoms with E-state index < -0.39 is 15.9 Å². The maximum absolute atomic E-state index is 13.3. The van der Waals surface area contributed by atoms with Crippen LogP contribution in [0.4, 0.5) is 0 Å². The Kier molecular flexibility index (Phi) is 6.94. The summed E-state index contributed by atoms with van der Waals surface area (Å²) in [4.78, 5) is 13.0. The highest BCUT2D eigenvalue weighted by atomic mass is 32.2. The van der Waals surface area contributed by atoms with E-state index in [9.17, 15) is 13.2 Å². The Labute approximate surface area is 193 Å². The molecule has 0 spiro atoms. The summed E-state index contributed by atoms with van der Waals surface area (Å²) in [6.45, 7) is 3.69. The number of nitrogens with one attached hydrogen (secondary N) is 1. The molecule has 1 aliphatic heterocycles. The number of aromatic nitrogens is 3. The molecule has 0 saturated carbocycles. The van der Waals surface area contributed by atoms with Crippen LogP contribution in [0.25, 0.3) is 11.0 Å². The van der Waals surface area contributed by atoms with Crippen LogP contribution in [-0.2, 0) is 27.9 Å². The molecule has 0 aliphatic carbocycles. The monoisotopic (exact) mass is 471 g/mol. The van der Waals surface area contributed by atoms with Crippen molar-refractivity contribution in [2.24, 2.45) is 5.92 Å². The van der Waals surface area contributed by atoms with Gasteiger partial charge < -0.3 is 10.1 Å². The topological polar surface area (TPSA) is 106 Å². The molecule has 10 heteroatoms. The van der Waals surface area contributed by atoms with Crippen molar-refractivity contribution in [2.45, 2.75) is 44.2 Å². The average Bonchev–Trinajstić information content (AvgIpc) is 3.25. The van der Waals surface area contributed by atoms with Gasteiger partial charge in [-0.3, -0.25) is 4.79 Å². The fourth-order valence-electron chi connectivity index (χ4n) is 4.13. The Bertz CT molecular complexity index is 1240. The average molecular weight is 472 g/mol. The van der Waals surface area contributed by atoms with E-state index in [1.54, 1.807) is 30.0 Å². The molecule has 9 nitrogen and oxygen atoms in total. The lowest BCUT2D eigenvalue weighted by molar-refractivity contribution is -0.126. The molecule has 0 radical (unpaired) electrons. The van der Waals surface area contributed by atoms with Gasteiger partial charge in [-0.05, 0) is 55.2 Å². The van der Waals surface area contributed by atoms with Crippen LogP contribution in [0.15, 0.2) is 47.4 Å². The van der Waals surface area contributed by atoms with E-state index in [0.717, 1.165) is 29.8 Å². The number of hydrogen-bond donors (Lipinski definition) is 1. The number of hydrogen-bond acceptors (Lipinski definition) is 6. The second-order valence-electron chi connectivity index (χ2n) is 8.23. The van der Waals surface area contributed by atoms with Gasteiger partial charge in [-0.1, -0.05) is 24.3 Å². The van der Waals surface area contributed by atoms with Gasteiger partial charge in [0.05, 0.1) is 23.4 Å². The van der Waals surface area contributed by atoms with Gasteiger partial charge in [0.2, 0.25) is 15.9 Å². The van der Waals surface area contributed by atoms with Gasteiger partial charge in [0.25, 0.3) is 0 Å². The Morgan fingerprint density at radius 3 is 2.88 bits per heavy atom. The summed E-state index contributed by atoms with van der Waals surface area (Å²) >= 11 is 0. The van der Waals surface area contributed by atoms with E-state index >= 15 is 0 Å². The normalized spacial score (nSPS) is 17.2. The van der Waals surface area contributed by atoms with Crippen molar-refractivity contribution in [1.29, 1.82) is 0 Å². The highest BCUT2D eigenvalue weighted by Crippen LogP contribution is 2.26. The largest absolute Gasteiger partial charge is 0.497 e. The van der Waals surface area contributed by atoms with Crippen molar-refractivity contribution in [2.75, 3.05) is 20.2 Å². The molecule has 1 aliphatic rings. The molecule has 0 bridgehead atoms. The second kappa shape index (κ2) is 9.88. The summed E-state index contributed by atoms with van der Waals surface area (Å²) in [6.07, 6.45) is 2.19. The molecule has 176 valence electrons. The van der Waals surface area contributed by atoms with Crippen LogP contribution in [-0.4, -0.2) is 53.8 Å². The van der Waals surface area contributed by atoms with E-state index in [-0.39, 0.29) is 17.3 Å². The van der Waals surface area contributed by atoms with Crippen LogP contribution in [0.2, 0.25) is 0 Å². The number of rotatable bonds is 8. The van der Waals surface area contributed by atoms with Gasteiger partial charge in [0.15, 0.2) is 0 Å². The summed E-state index contributed by atoms with van der Waals surface area (Å²) in [7, 11) is -2.14. The van der Waals surface area contributed by atoms with Gasteiger partial charge >= 0.3 is 0 Å². The second-order valence-corrected chi connectivity index (χ2v) is 10.2. The van der Waals surface area contributed by atoms with Crippen LogP contribution in [0.1, 0.15) is 31.7 Å². The van der Waals surface area contributed by atoms with Gasteiger partial charge in [-0.15, -0.1) is 5.10 Å². The van der Waals surface area contributed by atoms with Gasteiger partial charge in [0.1, 0.15) is 11.3 Å². The van der Waals surface area contributed by atoms with Crippen LogP contribution in [0, 0.1) is 5.92 Å². The number of ether oxygens (including phenoxy) is 1. The van der Waals surface area contributed by atoms with Crippen LogP contribution in [0.3, 0.4) is 0 Å². The SMILES string of the molecule is CCCn1nnc2cc(S(=O)(=O)N3CCC[C@@H](C(=O)NCc4cccc(OC)c4)C3)ccc21. The van der Waals surface area contributed by atoms with E-state index in [1.165, 1.54) is 4.31 Å². The maximum Gasteiger partial charge on any atom is 0.243 e. The van der Waals surface area contributed by atoms with Crippen LogP contribution in [0.5, 0.6) is 5.75 Å². The summed E-state index contributed by atoms with van der Waals surface area (Å²) in [5.41, 5.74) is 2.28. The third kappa shape index (κ3) is 5.01. The summed E-state index contributed by atoms with van der Waals surface area (Å²) in [6, 6.07) is 12.4. The van der Waals surface area contributed by atoms with E-state index in [2.05, 4.69) is 15.6 Å². The maximum atomic E-state index is 13.3. The first-order valence-electron chi connectivity index (χ1n) is 11.2. The molecule has 1 fully saturated rings. The van der Waals surface area contributed by atoms with Crippen molar-refractivity contribution in [3.05, 3.63) is 48.0 Å². The standard InChI is InChI=1S/C23H29N5O4S/c1-3-11-28-22-10-9-20(14-21(22)25-26-28)33(30,31)27-12-5-7-18(16-27)23(29)24-15-17-6-4-8-19(13-17)32-2/h4,6,8-10,13-14,18H,3,5,7,11-12,15-16H2,1-2H3,(H,24,29)/t18-/m1/s1. The third-order valence-corrected chi connectivity index (χ3v) is 7.78. The van der Waals surface area contributed by atoms with Gasteiger partial charge in [-0.25, -0.2) is 13.1 Å². The fraction of sp³-hybridized carbons (Fsp3) is 0.435. The molecule has 2 aromatic carbocycles. The highest BCUT2D eigenvalue weighted by molar-refractivity contribution is 7.89. The minimum absolute atomic E-state index is 0.143. The van der Waals surface area contributed by atoms with E-state index in [0.29, 0.717) is 31.4 Å². The summed E-state index contributed by atoms with van der Waals surface area (Å²) in [5, 5.41) is 11.2. The number of aryl methyl sites for hydroxylation is 1. The summed E-state index contributed by atoms with van der Waals surface area (Å²) in [5.74, 6) is 0.187. The van der Waals surface area contributed by atoms with Crippen molar-refractivity contribution >= 4 is 27.0 Å². The Balaban J connectivity index is 1.44. The molecule has 1 N–H and O–H groups in total. The fourth-order valence-corrected chi connectivity index (χ4v) is 5.67. The Morgan fingerprint density at radius 1 is 1.24 bits per heavy atom.